The summed E-state index contributed by atoms with van der Waals surface area (Å²) in [4.78, 5) is 65.6. The first-order valence-corrected chi connectivity index (χ1v) is 21.6. The second-order valence-electron chi connectivity index (χ2n) is 18.8. The fourth-order valence-corrected chi connectivity index (χ4v) is 14.8. The molecule has 2 radical (unpaired) electrons. The maximum Gasteiger partial charge on any atom is 0.417 e. The van der Waals surface area contributed by atoms with Crippen molar-refractivity contribution in [1.82, 2.24) is 29.7 Å². The van der Waals surface area contributed by atoms with Gasteiger partial charge in [0.1, 0.15) is 33.9 Å². The van der Waals surface area contributed by atoms with E-state index >= 15 is 0 Å². The number of nitrogens with one attached hydrogen (secondary N) is 3. The SMILES string of the molecule is CC(C)C(=O)C12O[Si](C(C)(C)C)O[C@H]3[C@@H](OCCCN(C(=N)NC(=O)OC(C)(C)C)C(=O)OC(C)(C)C)[C@H](n4cnc5c(=O)[nH]c(N)nc54)O[C@@]31[Si]2C(C)(C)C. The zero-order valence-electron chi connectivity index (χ0n) is 35.0. The normalized spacial score (nSPS) is 25.8. The van der Waals surface area contributed by atoms with Gasteiger partial charge in [0, 0.05) is 24.1 Å². The molecule has 0 saturated carbocycles. The van der Waals surface area contributed by atoms with E-state index in [1.807, 2.05) is 34.6 Å². The maximum absolute atomic E-state index is 14.6. The summed E-state index contributed by atoms with van der Waals surface area (Å²) in [5, 5.41) is 7.60. The third-order valence-corrected chi connectivity index (χ3v) is 15.8. The molecule has 2 aromatic rings. The van der Waals surface area contributed by atoms with Gasteiger partial charge in [-0.15, -0.1) is 0 Å². The number of fused-ring (bicyclic) bond motifs is 1. The summed E-state index contributed by atoms with van der Waals surface area (Å²) >= 11 is 0. The van der Waals surface area contributed by atoms with Gasteiger partial charge in [-0.25, -0.2) is 19.5 Å². The van der Waals surface area contributed by atoms with Gasteiger partial charge in [0.2, 0.25) is 11.9 Å². The number of hydrogen-bond donors (Lipinski definition) is 4. The van der Waals surface area contributed by atoms with Crippen LogP contribution in [0.15, 0.2) is 11.1 Å². The monoisotopic (exact) mass is 818 g/mol. The Balaban J connectivity index is 1.53. The number of ether oxygens (including phenoxy) is 4. The third-order valence-electron chi connectivity index (χ3n) is 9.25. The number of amides is 2. The topological polar surface area (TPSA) is 235 Å². The van der Waals surface area contributed by atoms with E-state index in [0.29, 0.717) is 0 Å². The first kappa shape index (κ1) is 43.4. The number of rotatable bonds is 8. The first-order chi connectivity index (χ1) is 25.5. The van der Waals surface area contributed by atoms with Crippen LogP contribution >= 0.6 is 0 Å². The highest BCUT2D eigenvalue weighted by Gasteiger charge is 2.95. The molecule has 3 aliphatic rings. The quantitative estimate of drug-likeness (QED) is 0.125. The minimum Gasteiger partial charge on any atom is -0.444 e. The van der Waals surface area contributed by atoms with Crippen LogP contribution in [0, 0.1) is 11.3 Å². The molecule has 2 amide bonds. The van der Waals surface area contributed by atoms with E-state index in [1.165, 1.54) is 6.33 Å². The number of aromatic amines is 1. The van der Waals surface area contributed by atoms with Gasteiger partial charge in [0.05, 0.1) is 6.33 Å². The number of hydrogen-bond acceptors (Lipinski definition) is 14. The van der Waals surface area contributed by atoms with Crippen molar-refractivity contribution in [3.8, 4) is 0 Å². The van der Waals surface area contributed by atoms with E-state index in [2.05, 4.69) is 41.0 Å². The second kappa shape index (κ2) is 14.6. The number of guanidine groups is 1. The lowest BCUT2D eigenvalue weighted by molar-refractivity contribution is -0.150. The molecular weight excluding hydrogens is 761 g/mol. The predicted octanol–water partition coefficient (Wildman–Crippen LogP) is 4.50. The van der Waals surface area contributed by atoms with Crippen LogP contribution in [0.5, 0.6) is 0 Å². The number of alkyl carbamates (subject to hydrolysis) is 1. The molecule has 20 heteroatoms. The zero-order chi connectivity index (χ0) is 42.1. The molecule has 0 aliphatic carbocycles. The maximum atomic E-state index is 14.6. The van der Waals surface area contributed by atoms with Gasteiger partial charge in [-0.1, -0.05) is 55.4 Å². The van der Waals surface area contributed by atoms with Crippen molar-refractivity contribution in [1.29, 1.82) is 5.41 Å². The smallest absolute Gasteiger partial charge is 0.417 e. The van der Waals surface area contributed by atoms with Gasteiger partial charge in [-0.3, -0.25) is 29.9 Å². The molecule has 0 aromatic carbocycles. The average Bonchev–Trinajstić information content (AvgIpc) is 3.22. The molecule has 0 bridgehead atoms. The van der Waals surface area contributed by atoms with E-state index in [0.717, 1.165) is 4.90 Å². The van der Waals surface area contributed by atoms with Crippen LogP contribution in [0.3, 0.4) is 0 Å². The number of H-pyrrole nitrogens is 1. The molecule has 310 valence electrons. The molecular formula is C36H58N8O10Si2. The van der Waals surface area contributed by atoms with Crippen LogP contribution < -0.4 is 16.6 Å². The van der Waals surface area contributed by atoms with E-state index in [1.54, 1.807) is 46.1 Å². The number of nitrogens with two attached hydrogens (primary N) is 1. The van der Waals surface area contributed by atoms with Crippen molar-refractivity contribution < 1.29 is 42.2 Å². The fourth-order valence-electron chi connectivity index (χ4n) is 7.34. The van der Waals surface area contributed by atoms with Crippen LogP contribution in [-0.4, -0.2) is 113 Å². The number of imidazole rings is 1. The molecule has 5 atom stereocenters. The van der Waals surface area contributed by atoms with Crippen molar-refractivity contribution in [2.45, 2.75) is 154 Å². The molecule has 18 nitrogen and oxygen atoms in total. The Kier molecular flexibility index (Phi) is 11.3. The summed E-state index contributed by atoms with van der Waals surface area (Å²) in [6, 6.07) is 0. The van der Waals surface area contributed by atoms with Gasteiger partial charge < -0.3 is 33.5 Å². The Labute approximate surface area is 330 Å². The lowest BCUT2D eigenvalue weighted by atomic mass is 9.96. The number of nitrogen functional groups attached to an aromatic ring is 1. The number of anilines is 1. The minimum absolute atomic E-state index is 0.00340. The summed E-state index contributed by atoms with van der Waals surface area (Å²) in [7, 11) is -4.07. The molecule has 5 N–H and O–H groups in total. The number of carbonyl (C=O) groups is 3. The Bertz CT molecular complexity index is 1930. The number of carbonyl (C=O) groups excluding carboxylic acids is 3. The highest BCUT2D eigenvalue weighted by molar-refractivity contribution is 6.87. The molecule has 1 spiro atoms. The van der Waals surface area contributed by atoms with Crippen molar-refractivity contribution in [2.24, 2.45) is 5.92 Å². The molecule has 1 unspecified atom stereocenters. The van der Waals surface area contributed by atoms with Crippen molar-refractivity contribution in [2.75, 3.05) is 18.9 Å². The minimum atomic E-state index is -2.16. The second-order valence-corrected chi connectivity index (χ2v) is 25.0. The average molecular weight is 819 g/mol. The van der Waals surface area contributed by atoms with E-state index < -0.39 is 91.9 Å². The van der Waals surface area contributed by atoms with Gasteiger partial charge in [-0.2, -0.15) is 4.98 Å². The van der Waals surface area contributed by atoms with Crippen LogP contribution in [0.4, 0.5) is 15.5 Å². The van der Waals surface area contributed by atoms with Gasteiger partial charge in [0.15, 0.2) is 32.0 Å². The van der Waals surface area contributed by atoms with Crippen LogP contribution in [0.1, 0.15) is 110 Å². The Morgan fingerprint density at radius 3 is 2.23 bits per heavy atom. The molecule has 2 aromatic heterocycles. The third kappa shape index (κ3) is 8.04. The number of Topliss-reactive ketones (excluding diaryl/α,β-unsaturated/α-hetero) is 1. The highest BCUT2D eigenvalue weighted by Crippen LogP contribution is 2.71. The zero-order valence-corrected chi connectivity index (χ0v) is 37.0. The number of ketones is 1. The summed E-state index contributed by atoms with van der Waals surface area (Å²) < 4.78 is 40.3. The van der Waals surface area contributed by atoms with Crippen LogP contribution in [0.25, 0.3) is 11.2 Å². The van der Waals surface area contributed by atoms with Crippen LogP contribution in [0.2, 0.25) is 10.1 Å². The van der Waals surface area contributed by atoms with Gasteiger partial charge in [0.25, 0.3) is 5.56 Å². The summed E-state index contributed by atoms with van der Waals surface area (Å²) in [6.45, 7) is 26.1. The van der Waals surface area contributed by atoms with Crippen molar-refractivity contribution >= 4 is 59.1 Å². The van der Waals surface area contributed by atoms with Crippen molar-refractivity contribution in [3.05, 3.63) is 16.7 Å². The largest absolute Gasteiger partial charge is 0.444 e. The Hall–Kier alpha value is -3.70. The van der Waals surface area contributed by atoms with Gasteiger partial charge in [-0.05, 0) is 53.0 Å². The highest BCUT2D eigenvalue weighted by atomic mass is 28.3. The Morgan fingerprint density at radius 1 is 1.05 bits per heavy atom. The molecule has 3 fully saturated rings. The van der Waals surface area contributed by atoms with E-state index in [-0.39, 0.29) is 48.4 Å². The molecule has 5 rings (SSSR count). The van der Waals surface area contributed by atoms with E-state index in [9.17, 15) is 19.2 Å². The fraction of sp³-hybridized carbons (Fsp3) is 0.750. The molecule has 3 saturated heterocycles. The van der Waals surface area contributed by atoms with Gasteiger partial charge >= 0.3 is 21.5 Å². The molecule has 56 heavy (non-hydrogen) atoms. The lowest BCUT2D eigenvalue weighted by Gasteiger charge is -2.41. The van der Waals surface area contributed by atoms with Crippen molar-refractivity contribution in [3.63, 3.8) is 0 Å². The number of aromatic nitrogens is 4. The summed E-state index contributed by atoms with van der Waals surface area (Å²) in [5.74, 6) is -1.09. The lowest BCUT2D eigenvalue weighted by Crippen LogP contribution is -2.59. The predicted molar refractivity (Wildman–Crippen MR) is 209 cm³/mol. The summed E-state index contributed by atoms with van der Waals surface area (Å²) in [5.41, 5.74) is 3.93. The summed E-state index contributed by atoms with van der Waals surface area (Å²) in [6.07, 6.45) is -2.83. The Morgan fingerprint density at radius 2 is 1.68 bits per heavy atom. The molecule has 3 aliphatic heterocycles. The number of nitrogens with zero attached hydrogens (tertiary/aromatic N) is 4. The first-order valence-electron chi connectivity index (χ1n) is 18.8. The van der Waals surface area contributed by atoms with Crippen LogP contribution in [-0.2, 0) is 32.6 Å². The standard InChI is InChI=1S/C36H58N8O10Si2/c1-19(2)22(45)35-36(55(35)33(9,10)11)23(53-56(54-35)34(12,13)14)21(26(50-36)44-18-39-20-24(44)40-27(37)41-25(20)46)49-17-15-16-43(30(48)52-32(6,7)8)28(38)42-29(47)51-31(3,4)5/h18-19,21,23,26H,15-17H2,1-14H3,(H2,38,42,47)(H3,37,40,41,46)/t21-,23+,26-,35?,36-/m1/s1. The van der Waals surface area contributed by atoms with E-state index in [4.69, 9.17) is 38.9 Å². The molecule has 5 heterocycles.